The van der Waals surface area contributed by atoms with Gasteiger partial charge in [-0.1, -0.05) is 86.9 Å². The molecule has 0 radical (unpaired) electrons. The fourth-order valence-corrected chi connectivity index (χ4v) is 3.24. The maximum Gasteiger partial charge on any atom is -0.0157 e. The zero-order valence-corrected chi connectivity index (χ0v) is 11.4. The molecule has 1 heteroatoms. The van der Waals surface area contributed by atoms with Gasteiger partial charge in [0.2, 0.25) is 0 Å². The molecule has 2 aromatic carbocycles. The molecule has 2 aromatic rings. The number of rotatable bonds is 3. The summed E-state index contributed by atoms with van der Waals surface area (Å²) in [5, 5.41) is 2.71. The zero-order valence-electron chi connectivity index (χ0n) is 10.5. The molecule has 0 heterocycles. The fourth-order valence-electron chi connectivity index (χ4n) is 1.54. The van der Waals surface area contributed by atoms with E-state index in [0.717, 1.165) is 0 Å². The molecule has 2 rings (SSSR count). The van der Waals surface area contributed by atoms with Crippen molar-refractivity contribution in [1.82, 2.24) is 0 Å². The van der Waals surface area contributed by atoms with Crippen LogP contribution in [0.4, 0.5) is 0 Å². The Morgan fingerprint density at radius 2 is 1.12 bits per heavy atom. The molecule has 0 aromatic heterocycles. The molecule has 0 bridgehead atoms. The monoisotopic (exact) mass is 242 g/mol. The summed E-state index contributed by atoms with van der Waals surface area (Å²) in [5.41, 5.74) is 0. The van der Waals surface area contributed by atoms with Gasteiger partial charge in [-0.25, -0.2) is 0 Å². The van der Waals surface area contributed by atoms with Gasteiger partial charge in [-0.05, 0) is 18.5 Å². The molecule has 0 N–H and O–H groups in total. The molecule has 0 atom stereocenters. The Labute approximate surface area is 106 Å². The highest BCUT2D eigenvalue weighted by Crippen LogP contribution is 2.33. The lowest BCUT2D eigenvalue weighted by molar-refractivity contribution is 1.50. The molecule has 17 heavy (non-hydrogen) atoms. The predicted molar refractivity (Wildman–Crippen MR) is 80.6 cm³/mol. The number of benzene rings is 2. The van der Waals surface area contributed by atoms with E-state index in [0.29, 0.717) is 0 Å². The van der Waals surface area contributed by atoms with Crippen LogP contribution in [-0.2, 0) is 0 Å². The van der Waals surface area contributed by atoms with Gasteiger partial charge in [0.05, 0.1) is 0 Å². The van der Waals surface area contributed by atoms with E-state index in [2.05, 4.69) is 60.9 Å². The Morgan fingerprint density at radius 3 is 1.41 bits per heavy atom. The zero-order chi connectivity index (χ0) is 12.5. The molecule has 0 fully saturated rings. The molecule has 0 aliphatic heterocycles. The van der Waals surface area contributed by atoms with Crippen LogP contribution in [0.3, 0.4) is 0 Å². The summed E-state index contributed by atoms with van der Waals surface area (Å²) in [4.78, 5) is 0. The van der Waals surface area contributed by atoms with Gasteiger partial charge in [0.15, 0.2) is 0 Å². The van der Waals surface area contributed by atoms with E-state index >= 15 is 0 Å². The maximum absolute atomic E-state index is 3.94. The van der Waals surface area contributed by atoms with E-state index in [4.69, 9.17) is 0 Å². The average Bonchev–Trinajstić information content (AvgIpc) is 2.44. The fraction of sp³-hybridized carbons (Fsp3) is 0.125. The highest BCUT2D eigenvalue weighted by atomic mass is 31.1. The molecule has 88 valence electrons. The van der Waals surface area contributed by atoms with E-state index in [-0.39, 0.29) is 7.92 Å². The lowest BCUT2D eigenvalue weighted by Gasteiger charge is -2.13. The Hall–Kier alpha value is -1.39. The van der Waals surface area contributed by atoms with E-state index in [1.54, 1.807) is 0 Å². The third kappa shape index (κ3) is 3.84. The van der Waals surface area contributed by atoms with Crippen molar-refractivity contribution in [3.63, 3.8) is 0 Å². The van der Waals surface area contributed by atoms with Gasteiger partial charge >= 0.3 is 0 Å². The van der Waals surface area contributed by atoms with Crippen molar-refractivity contribution < 1.29 is 0 Å². The molecular weight excluding hydrogens is 223 g/mol. The van der Waals surface area contributed by atoms with E-state index in [1.165, 1.54) is 10.6 Å². The Morgan fingerprint density at radius 1 is 0.765 bits per heavy atom. The molecule has 0 aliphatic rings. The summed E-state index contributed by atoms with van der Waals surface area (Å²) in [6, 6.07) is 21.1. The normalized spacial score (nSPS) is 9.35. The van der Waals surface area contributed by atoms with Gasteiger partial charge in [0.1, 0.15) is 0 Å². The highest BCUT2D eigenvalue weighted by molar-refractivity contribution is 7.75. The van der Waals surface area contributed by atoms with Crippen LogP contribution >= 0.6 is 7.92 Å². The van der Waals surface area contributed by atoms with Crippen LogP contribution in [0.15, 0.2) is 73.1 Å². The quantitative estimate of drug-likeness (QED) is 0.704. The van der Waals surface area contributed by atoms with Gasteiger partial charge in [0, 0.05) is 0 Å². The molecule has 0 unspecified atom stereocenters. The topological polar surface area (TPSA) is 0 Å². The van der Waals surface area contributed by atoms with Crippen molar-refractivity contribution in [2.24, 2.45) is 0 Å². The molecule has 0 saturated carbocycles. The maximum atomic E-state index is 3.94. The summed E-state index contributed by atoms with van der Waals surface area (Å²) in [5.74, 6) is 2.06. The first-order valence-corrected chi connectivity index (χ1v) is 7.35. The second-order valence-corrected chi connectivity index (χ2v) is 5.36. The molecular formula is C16H19P. The van der Waals surface area contributed by atoms with Crippen molar-refractivity contribution in [3.05, 3.63) is 73.1 Å². The van der Waals surface area contributed by atoms with E-state index in [9.17, 15) is 0 Å². The van der Waals surface area contributed by atoms with Gasteiger partial charge in [-0.3, -0.25) is 0 Å². The third-order valence-corrected chi connectivity index (χ3v) is 4.33. The van der Waals surface area contributed by atoms with E-state index in [1.807, 2.05) is 26.0 Å². The van der Waals surface area contributed by atoms with Crippen molar-refractivity contribution >= 4 is 18.5 Å². The summed E-state index contributed by atoms with van der Waals surface area (Å²) >= 11 is 0. The summed E-state index contributed by atoms with van der Waals surface area (Å²) in [6.45, 7) is 7.94. The SMILES string of the molecule is C=CP(c1ccccc1)c1ccccc1.CC. The predicted octanol–water partition coefficient (Wildman–Crippen LogP) is 4.29. The minimum Gasteiger partial charge on any atom is -0.0980 e. The second-order valence-electron chi connectivity index (χ2n) is 3.22. The van der Waals surface area contributed by atoms with Gasteiger partial charge in [0.25, 0.3) is 0 Å². The number of hydrogen-bond donors (Lipinski definition) is 0. The minimum absolute atomic E-state index is 0.385. The average molecular weight is 242 g/mol. The smallest absolute Gasteiger partial charge is 0.0157 e. The lowest BCUT2D eigenvalue weighted by atomic mass is 10.4. The third-order valence-electron chi connectivity index (χ3n) is 2.25. The van der Waals surface area contributed by atoms with Gasteiger partial charge in [-0.2, -0.15) is 0 Å². The van der Waals surface area contributed by atoms with Crippen LogP contribution in [-0.4, -0.2) is 0 Å². The van der Waals surface area contributed by atoms with Crippen molar-refractivity contribution in [1.29, 1.82) is 0 Å². The van der Waals surface area contributed by atoms with Crippen LogP contribution in [0.25, 0.3) is 0 Å². The second kappa shape index (κ2) is 7.81. The molecule has 0 saturated heterocycles. The molecule has 0 aliphatic carbocycles. The van der Waals surface area contributed by atoms with E-state index < -0.39 is 0 Å². The Bertz CT molecular complexity index is 380. The standard InChI is InChI=1S/C14H13P.C2H6/c1-2-15(13-9-5-3-6-10-13)14-11-7-4-8-12-14;1-2/h2-12H,1H2;1-2H3. The Balaban J connectivity index is 0.000000686. The van der Waals surface area contributed by atoms with Crippen molar-refractivity contribution in [2.75, 3.05) is 0 Å². The first kappa shape index (κ1) is 13.7. The number of hydrogen-bond acceptors (Lipinski definition) is 0. The molecule has 0 spiro atoms. The largest absolute Gasteiger partial charge is 0.0980 e. The van der Waals surface area contributed by atoms with Crippen LogP contribution in [0.5, 0.6) is 0 Å². The van der Waals surface area contributed by atoms with Crippen LogP contribution in [0, 0.1) is 0 Å². The Kier molecular flexibility index (Phi) is 6.29. The minimum atomic E-state index is -0.385. The highest BCUT2D eigenvalue weighted by Gasteiger charge is 2.07. The van der Waals surface area contributed by atoms with Crippen molar-refractivity contribution in [3.8, 4) is 0 Å². The lowest BCUT2D eigenvalue weighted by Crippen LogP contribution is -2.08. The van der Waals surface area contributed by atoms with Crippen LogP contribution in [0.1, 0.15) is 13.8 Å². The van der Waals surface area contributed by atoms with Crippen molar-refractivity contribution in [2.45, 2.75) is 13.8 Å². The summed E-state index contributed by atoms with van der Waals surface area (Å²) in [7, 11) is -0.385. The van der Waals surface area contributed by atoms with Gasteiger partial charge in [-0.15, -0.1) is 0 Å². The summed E-state index contributed by atoms with van der Waals surface area (Å²) < 4.78 is 0. The summed E-state index contributed by atoms with van der Waals surface area (Å²) in [6.07, 6.45) is 0. The van der Waals surface area contributed by atoms with Gasteiger partial charge < -0.3 is 0 Å². The van der Waals surface area contributed by atoms with Crippen LogP contribution < -0.4 is 10.6 Å². The molecule has 0 amide bonds. The first-order chi connectivity index (χ1) is 8.42. The first-order valence-electron chi connectivity index (χ1n) is 5.94. The van der Waals surface area contributed by atoms with Crippen LogP contribution in [0.2, 0.25) is 0 Å². The molecule has 0 nitrogen and oxygen atoms in total.